The number of carbonyl (C=O) groups excluding carboxylic acids is 3. The molecular formula is C34H46N6O5. The van der Waals surface area contributed by atoms with Crippen LogP contribution in [-0.4, -0.2) is 88.8 Å². The van der Waals surface area contributed by atoms with Crippen LogP contribution in [0.25, 0.3) is 11.4 Å². The van der Waals surface area contributed by atoms with Crippen LogP contribution in [0.3, 0.4) is 0 Å². The van der Waals surface area contributed by atoms with Gasteiger partial charge in [-0.2, -0.15) is 4.98 Å². The van der Waals surface area contributed by atoms with E-state index in [2.05, 4.69) is 27.6 Å². The maximum atomic E-state index is 13.7. The third kappa shape index (κ3) is 8.83. The summed E-state index contributed by atoms with van der Waals surface area (Å²) in [4.78, 5) is 49.3. The molecule has 3 aromatic rings. The van der Waals surface area contributed by atoms with Gasteiger partial charge in [-0.25, -0.2) is 4.79 Å². The summed E-state index contributed by atoms with van der Waals surface area (Å²) in [6.07, 6.45) is 1.17. The molecule has 45 heavy (non-hydrogen) atoms. The van der Waals surface area contributed by atoms with Crippen LogP contribution in [-0.2, 0) is 27.2 Å². The number of amides is 3. The number of hydrogen-bond donors (Lipinski definition) is 1. The summed E-state index contributed by atoms with van der Waals surface area (Å²) >= 11 is 0. The maximum absolute atomic E-state index is 13.7. The second kappa shape index (κ2) is 14.1. The number of carbonyl (C=O) groups is 3. The van der Waals surface area contributed by atoms with Crippen molar-refractivity contribution in [3.05, 3.63) is 65.0 Å². The van der Waals surface area contributed by atoms with Gasteiger partial charge in [0.05, 0.1) is 13.1 Å². The lowest BCUT2D eigenvalue weighted by Crippen LogP contribution is -2.48. The summed E-state index contributed by atoms with van der Waals surface area (Å²) in [6.45, 7) is 13.4. The first-order valence-corrected chi connectivity index (χ1v) is 15.5. The van der Waals surface area contributed by atoms with E-state index in [9.17, 15) is 14.4 Å². The molecule has 0 bridgehead atoms. The smallest absolute Gasteiger partial charge is 0.410 e. The highest BCUT2D eigenvalue weighted by atomic mass is 16.6. The molecule has 0 radical (unpaired) electrons. The third-order valence-corrected chi connectivity index (χ3v) is 7.89. The van der Waals surface area contributed by atoms with Crippen molar-refractivity contribution in [2.45, 2.75) is 79.0 Å². The molecule has 0 fully saturated rings. The Kier molecular flexibility index (Phi) is 10.5. The van der Waals surface area contributed by atoms with Gasteiger partial charge in [0.25, 0.3) is 0 Å². The van der Waals surface area contributed by atoms with E-state index in [0.29, 0.717) is 11.7 Å². The minimum atomic E-state index is -0.623. The molecule has 242 valence electrons. The fourth-order valence-electron chi connectivity index (χ4n) is 5.45. The second-order valence-corrected chi connectivity index (χ2v) is 12.9. The van der Waals surface area contributed by atoms with Gasteiger partial charge in [-0.15, -0.1) is 0 Å². The molecule has 4 rings (SSSR count). The number of rotatable bonds is 11. The Hall–Kier alpha value is -4.41. The number of nitrogens with zero attached hydrogens (tertiary/aromatic N) is 5. The average molecular weight is 619 g/mol. The lowest BCUT2D eigenvalue weighted by atomic mass is 10.1. The predicted molar refractivity (Wildman–Crippen MR) is 173 cm³/mol. The van der Waals surface area contributed by atoms with Gasteiger partial charge >= 0.3 is 6.09 Å². The van der Waals surface area contributed by atoms with Crippen LogP contribution in [0.15, 0.2) is 47.0 Å². The molecule has 0 saturated heterocycles. The minimum absolute atomic E-state index is 0.00234. The molecule has 1 heterocycles. The molecule has 1 aliphatic rings. The summed E-state index contributed by atoms with van der Waals surface area (Å²) in [7, 11) is 1.83. The molecule has 2 aromatic carbocycles. The van der Waals surface area contributed by atoms with E-state index in [1.165, 1.54) is 11.1 Å². The summed E-state index contributed by atoms with van der Waals surface area (Å²) in [5.74, 6) is 0.518. The fourth-order valence-corrected chi connectivity index (χ4v) is 5.45. The molecule has 11 heteroatoms. The van der Waals surface area contributed by atoms with Gasteiger partial charge in [0, 0.05) is 50.4 Å². The van der Waals surface area contributed by atoms with Crippen LogP contribution in [0.2, 0.25) is 0 Å². The quantitative estimate of drug-likeness (QED) is 0.332. The summed E-state index contributed by atoms with van der Waals surface area (Å²) < 4.78 is 10.7. The second-order valence-electron chi connectivity index (χ2n) is 12.9. The van der Waals surface area contributed by atoms with Gasteiger partial charge in [-0.1, -0.05) is 41.6 Å². The van der Waals surface area contributed by atoms with Gasteiger partial charge in [-0.05, 0) is 77.1 Å². The number of hydrogen-bond acceptors (Lipinski definition) is 8. The highest BCUT2D eigenvalue weighted by molar-refractivity contribution is 5.87. The van der Waals surface area contributed by atoms with Gasteiger partial charge in [0.2, 0.25) is 23.5 Å². The average Bonchev–Trinajstić information content (AvgIpc) is 3.60. The molecule has 3 amide bonds. The third-order valence-electron chi connectivity index (χ3n) is 7.89. The zero-order chi connectivity index (χ0) is 32.9. The Morgan fingerprint density at radius 1 is 1.04 bits per heavy atom. The van der Waals surface area contributed by atoms with Crippen molar-refractivity contribution < 1.29 is 23.6 Å². The number of ether oxygens (including phenoxy) is 1. The van der Waals surface area contributed by atoms with E-state index in [-0.39, 0.29) is 50.1 Å². The van der Waals surface area contributed by atoms with Crippen LogP contribution in [0.5, 0.6) is 0 Å². The van der Waals surface area contributed by atoms with Gasteiger partial charge in [-0.3, -0.25) is 9.59 Å². The first kappa shape index (κ1) is 33.5. The van der Waals surface area contributed by atoms with Crippen LogP contribution in [0, 0.1) is 13.8 Å². The monoisotopic (exact) mass is 618 g/mol. The largest absolute Gasteiger partial charge is 0.444 e. The van der Waals surface area contributed by atoms with E-state index >= 15 is 0 Å². The van der Waals surface area contributed by atoms with Crippen molar-refractivity contribution in [3.8, 4) is 11.4 Å². The fraction of sp³-hybridized carbons (Fsp3) is 0.500. The standard InChI is InChI=1S/C34H46N6O5/c1-22(2)40(33(43)44-34(5,6)7)16-15-35-30(41)20-39(29-19-27(14-13-23(29)3)32-36-24(4)45-37-32)21-31(42)38(8)28-17-25-11-9-10-12-26(25)18-28/h9-14,19,22,28H,15-18,20-21H2,1-8H3,(H,35,41). The van der Waals surface area contributed by atoms with Crippen LogP contribution in [0.1, 0.15) is 57.2 Å². The van der Waals surface area contributed by atoms with Gasteiger partial charge in [0.15, 0.2) is 0 Å². The van der Waals surface area contributed by atoms with Crippen molar-refractivity contribution in [2.75, 3.05) is 38.1 Å². The summed E-state index contributed by atoms with van der Waals surface area (Å²) in [5.41, 5.74) is 4.24. The van der Waals surface area contributed by atoms with Crippen LogP contribution in [0.4, 0.5) is 10.5 Å². The summed E-state index contributed by atoms with van der Waals surface area (Å²) in [5, 5.41) is 6.97. The van der Waals surface area contributed by atoms with Crippen molar-refractivity contribution in [1.29, 1.82) is 0 Å². The van der Waals surface area contributed by atoms with E-state index < -0.39 is 11.7 Å². The Labute approximate surface area is 265 Å². The normalized spacial score (nSPS) is 13.0. The Bertz CT molecular complexity index is 1490. The molecule has 0 atom stereocenters. The first-order chi connectivity index (χ1) is 21.2. The Balaban J connectivity index is 1.49. The number of fused-ring (bicyclic) bond motifs is 1. The number of anilines is 1. The van der Waals surface area contributed by atoms with Gasteiger partial charge in [0.1, 0.15) is 5.60 Å². The zero-order valence-electron chi connectivity index (χ0n) is 27.7. The summed E-state index contributed by atoms with van der Waals surface area (Å²) in [6, 6.07) is 13.9. The van der Waals surface area contributed by atoms with E-state index in [1.807, 2.05) is 78.9 Å². The molecule has 0 saturated carbocycles. The maximum Gasteiger partial charge on any atom is 0.410 e. The molecule has 0 unspecified atom stereocenters. The molecule has 1 aliphatic carbocycles. The molecular weight excluding hydrogens is 572 g/mol. The SMILES string of the molecule is Cc1nc(-c2ccc(C)c(N(CC(=O)NCCN(C(=O)OC(C)(C)C)C(C)C)CC(=O)N(C)C3Cc4ccccc4C3)c2)no1. The molecule has 0 aliphatic heterocycles. The number of aryl methyl sites for hydroxylation is 2. The zero-order valence-corrected chi connectivity index (χ0v) is 27.7. The number of likely N-dealkylation sites (N-methyl/N-ethyl adjacent to an activating group) is 1. The van der Waals surface area contributed by atoms with Crippen molar-refractivity contribution in [1.82, 2.24) is 25.3 Å². The van der Waals surface area contributed by atoms with Crippen LogP contribution < -0.4 is 10.2 Å². The number of benzene rings is 2. The highest BCUT2D eigenvalue weighted by Crippen LogP contribution is 2.28. The van der Waals surface area contributed by atoms with Crippen molar-refractivity contribution in [3.63, 3.8) is 0 Å². The van der Waals surface area contributed by atoms with Gasteiger partial charge < -0.3 is 29.3 Å². The molecule has 11 nitrogen and oxygen atoms in total. The Morgan fingerprint density at radius 3 is 2.29 bits per heavy atom. The molecule has 1 N–H and O–H groups in total. The van der Waals surface area contributed by atoms with Crippen molar-refractivity contribution >= 4 is 23.6 Å². The lowest BCUT2D eigenvalue weighted by molar-refractivity contribution is -0.130. The minimum Gasteiger partial charge on any atom is -0.444 e. The van der Waals surface area contributed by atoms with Crippen molar-refractivity contribution in [2.24, 2.45) is 0 Å². The molecule has 1 aromatic heterocycles. The van der Waals surface area contributed by atoms with E-state index in [0.717, 1.165) is 29.7 Å². The van der Waals surface area contributed by atoms with E-state index in [4.69, 9.17) is 9.26 Å². The predicted octanol–water partition coefficient (Wildman–Crippen LogP) is 4.55. The topological polar surface area (TPSA) is 121 Å². The van der Waals surface area contributed by atoms with Crippen LogP contribution >= 0.6 is 0 Å². The van der Waals surface area contributed by atoms with E-state index in [1.54, 1.807) is 21.6 Å². The first-order valence-electron chi connectivity index (χ1n) is 15.5. The highest BCUT2D eigenvalue weighted by Gasteiger charge is 2.29. The number of nitrogens with one attached hydrogen (secondary N) is 1. The lowest BCUT2D eigenvalue weighted by Gasteiger charge is -2.31. The Morgan fingerprint density at radius 2 is 1.71 bits per heavy atom. The number of aromatic nitrogens is 2. The molecule has 0 spiro atoms.